The standard InChI is InChI=1S/C21H23N3O5S4/c1-29-18(25)13-23-15-9-8-14(30-2)12-17(15)32-21(23)22-20(26)16-6-3-4-10-24(16)33(27,28)19-7-5-11-31-19/h5,7-9,11-12,16H,3-4,6,10,13H2,1-2H3. The lowest BCUT2D eigenvalue weighted by Crippen LogP contribution is -2.47. The van der Waals surface area contributed by atoms with Crippen molar-refractivity contribution in [2.24, 2.45) is 4.99 Å². The van der Waals surface area contributed by atoms with Gasteiger partial charge in [0.25, 0.3) is 15.9 Å². The summed E-state index contributed by atoms with van der Waals surface area (Å²) in [6.45, 7) is 0.181. The van der Waals surface area contributed by atoms with E-state index in [1.54, 1.807) is 33.8 Å². The van der Waals surface area contributed by atoms with E-state index in [0.717, 1.165) is 32.9 Å². The van der Waals surface area contributed by atoms with E-state index in [1.165, 1.54) is 22.8 Å². The third kappa shape index (κ3) is 4.94. The number of piperidine rings is 1. The van der Waals surface area contributed by atoms with Gasteiger partial charge < -0.3 is 9.30 Å². The summed E-state index contributed by atoms with van der Waals surface area (Å²) < 4.78 is 35.2. The number of aromatic nitrogens is 1. The third-order valence-corrected chi connectivity index (χ3v) is 10.5. The largest absolute Gasteiger partial charge is 0.468 e. The highest BCUT2D eigenvalue weighted by atomic mass is 32.2. The summed E-state index contributed by atoms with van der Waals surface area (Å²) in [5.74, 6) is -0.984. The van der Waals surface area contributed by atoms with Crippen molar-refractivity contribution in [3.63, 3.8) is 0 Å². The minimum absolute atomic E-state index is 0.0941. The SMILES string of the molecule is COC(=O)Cn1c(=NC(=O)C2CCCCN2S(=O)(=O)c2cccs2)sc2cc(SC)ccc21. The van der Waals surface area contributed by atoms with Crippen molar-refractivity contribution < 1.29 is 22.7 Å². The molecule has 8 nitrogen and oxygen atoms in total. The first-order chi connectivity index (χ1) is 15.8. The molecule has 0 N–H and O–H groups in total. The number of thiazole rings is 1. The highest BCUT2D eigenvalue weighted by Crippen LogP contribution is 2.29. The number of ether oxygens (including phenoxy) is 1. The molecule has 2 aromatic heterocycles. The van der Waals surface area contributed by atoms with Crippen molar-refractivity contribution in [1.29, 1.82) is 0 Å². The van der Waals surface area contributed by atoms with Gasteiger partial charge in [0.2, 0.25) is 0 Å². The molecule has 0 radical (unpaired) electrons. The van der Waals surface area contributed by atoms with E-state index in [9.17, 15) is 18.0 Å². The van der Waals surface area contributed by atoms with E-state index in [4.69, 9.17) is 4.74 Å². The lowest BCUT2D eigenvalue weighted by molar-refractivity contribution is -0.141. The Morgan fingerprint density at radius 1 is 1.27 bits per heavy atom. The molecule has 3 heterocycles. The van der Waals surface area contributed by atoms with Crippen LogP contribution < -0.4 is 4.80 Å². The van der Waals surface area contributed by atoms with Gasteiger partial charge in [-0.15, -0.1) is 23.1 Å². The second-order valence-corrected chi connectivity index (χ2v) is 12.3. The van der Waals surface area contributed by atoms with Crippen LogP contribution in [0.5, 0.6) is 0 Å². The smallest absolute Gasteiger partial charge is 0.325 e. The number of amides is 1. The quantitative estimate of drug-likeness (QED) is 0.362. The first kappa shape index (κ1) is 24.1. The number of thiophene rings is 1. The van der Waals surface area contributed by atoms with Crippen LogP contribution in [0.15, 0.2) is 49.8 Å². The van der Waals surface area contributed by atoms with Crippen molar-refractivity contribution >= 4 is 66.6 Å². The van der Waals surface area contributed by atoms with Gasteiger partial charge in [-0.1, -0.05) is 23.8 Å². The van der Waals surface area contributed by atoms with Crippen LogP contribution in [-0.4, -0.2) is 55.1 Å². The Morgan fingerprint density at radius 2 is 2.09 bits per heavy atom. The fourth-order valence-electron chi connectivity index (χ4n) is 3.75. The minimum Gasteiger partial charge on any atom is -0.468 e. The Hall–Kier alpha value is -1.99. The lowest BCUT2D eigenvalue weighted by atomic mass is 10.0. The van der Waals surface area contributed by atoms with E-state index in [2.05, 4.69) is 4.99 Å². The normalized spacial score (nSPS) is 18.0. The number of carbonyl (C=O) groups excluding carboxylic acids is 2. The van der Waals surface area contributed by atoms with Gasteiger partial charge in [-0.25, -0.2) is 8.42 Å². The highest BCUT2D eigenvalue weighted by molar-refractivity contribution is 7.98. The molecule has 1 aromatic carbocycles. The van der Waals surface area contributed by atoms with Crippen molar-refractivity contribution in [3.05, 3.63) is 40.5 Å². The van der Waals surface area contributed by atoms with Crippen LogP contribution in [0.1, 0.15) is 19.3 Å². The molecule has 1 aliphatic heterocycles. The summed E-state index contributed by atoms with van der Waals surface area (Å²) in [5, 5.41) is 1.70. The number of methoxy groups -OCH3 is 1. The zero-order valence-electron chi connectivity index (χ0n) is 18.1. The Balaban J connectivity index is 1.76. The Labute approximate surface area is 203 Å². The van der Waals surface area contributed by atoms with E-state index >= 15 is 0 Å². The summed E-state index contributed by atoms with van der Waals surface area (Å²) >= 11 is 4.02. The predicted octanol–water partition coefficient (Wildman–Crippen LogP) is 3.33. The fourth-order valence-corrected chi connectivity index (χ4v) is 8.11. The average Bonchev–Trinajstić information content (AvgIpc) is 3.48. The molecule has 0 aliphatic carbocycles. The summed E-state index contributed by atoms with van der Waals surface area (Å²) in [5.41, 5.74) is 0.765. The maximum Gasteiger partial charge on any atom is 0.325 e. The average molecular weight is 526 g/mol. The first-order valence-corrected chi connectivity index (χ1v) is 14.6. The molecule has 1 unspecified atom stereocenters. The van der Waals surface area contributed by atoms with Crippen LogP contribution in [-0.2, 0) is 30.9 Å². The van der Waals surface area contributed by atoms with Crippen molar-refractivity contribution in [1.82, 2.24) is 8.87 Å². The summed E-state index contributed by atoms with van der Waals surface area (Å²) in [6, 6.07) is 8.17. The van der Waals surface area contributed by atoms with Crippen LogP contribution in [0.25, 0.3) is 10.2 Å². The molecule has 4 rings (SSSR count). The minimum atomic E-state index is -3.78. The zero-order chi connectivity index (χ0) is 23.6. The molecule has 1 saturated heterocycles. The number of sulfonamides is 1. The van der Waals surface area contributed by atoms with Gasteiger partial charge in [-0.3, -0.25) is 9.59 Å². The van der Waals surface area contributed by atoms with Gasteiger partial charge in [-0.05, 0) is 48.7 Å². The molecule has 176 valence electrons. The molecule has 0 bridgehead atoms. The van der Waals surface area contributed by atoms with Gasteiger partial charge in [-0.2, -0.15) is 9.30 Å². The van der Waals surface area contributed by atoms with Crippen LogP contribution in [0.4, 0.5) is 0 Å². The maximum absolute atomic E-state index is 13.3. The number of carbonyl (C=O) groups is 2. The highest BCUT2D eigenvalue weighted by Gasteiger charge is 2.38. The number of hydrogen-bond acceptors (Lipinski definition) is 8. The van der Waals surface area contributed by atoms with Crippen LogP contribution >= 0.6 is 34.4 Å². The van der Waals surface area contributed by atoms with Crippen LogP contribution in [0.2, 0.25) is 0 Å². The van der Waals surface area contributed by atoms with Gasteiger partial charge in [0.15, 0.2) is 4.80 Å². The number of benzene rings is 1. The Kier molecular flexibility index (Phi) is 7.39. The predicted molar refractivity (Wildman–Crippen MR) is 130 cm³/mol. The molecule has 0 saturated carbocycles. The number of rotatable bonds is 6. The Morgan fingerprint density at radius 3 is 2.79 bits per heavy atom. The molecule has 0 spiro atoms. The molecule has 1 amide bonds. The van der Waals surface area contributed by atoms with Crippen molar-refractivity contribution in [2.75, 3.05) is 19.9 Å². The van der Waals surface area contributed by atoms with E-state index in [1.807, 2.05) is 24.5 Å². The number of hydrogen-bond donors (Lipinski definition) is 0. The topological polar surface area (TPSA) is 98.0 Å². The molecular formula is C21H23N3O5S4. The fraction of sp³-hybridized carbons (Fsp3) is 0.381. The molecule has 1 aliphatic rings. The molecule has 3 aromatic rings. The molecule has 1 atom stereocenters. The van der Waals surface area contributed by atoms with Gasteiger partial charge in [0.05, 0.1) is 17.3 Å². The molecule has 33 heavy (non-hydrogen) atoms. The first-order valence-electron chi connectivity index (χ1n) is 10.2. The van der Waals surface area contributed by atoms with E-state index in [0.29, 0.717) is 17.6 Å². The van der Waals surface area contributed by atoms with Crippen molar-refractivity contribution in [3.8, 4) is 0 Å². The van der Waals surface area contributed by atoms with Gasteiger partial charge in [0.1, 0.15) is 16.8 Å². The van der Waals surface area contributed by atoms with Gasteiger partial charge in [0, 0.05) is 11.4 Å². The second kappa shape index (κ2) is 10.1. The van der Waals surface area contributed by atoms with E-state index < -0.39 is 27.9 Å². The number of nitrogens with zero attached hydrogens (tertiary/aromatic N) is 3. The summed E-state index contributed by atoms with van der Waals surface area (Å²) in [6.07, 6.45) is 3.81. The van der Waals surface area contributed by atoms with Crippen molar-refractivity contribution in [2.45, 2.75) is 41.0 Å². The molecular weight excluding hydrogens is 503 g/mol. The maximum atomic E-state index is 13.3. The monoisotopic (exact) mass is 525 g/mol. The summed E-state index contributed by atoms with van der Waals surface area (Å²) in [4.78, 5) is 31.1. The summed E-state index contributed by atoms with van der Waals surface area (Å²) in [7, 11) is -2.47. The third-order valence-electron chi connectivity index (χ3n) is 5.41. The Bertz CT molecular complexity index is 1340. The number of esters is 1. The molecule has 1 fully saturated rings. The number of thioether (sulfide) groups is 1. The van der Waals surface area contributed by atoms with Crippen LogP contribution in [0.3, 0.4) is 0 Å². The lowest BCUT2D eigenvalue weighted by Gasteiger charge is -2.31. The second-order valence-electron chi connectivity index (χ2n) is 7.39. The zero-order valence-corrected chi connectivity index (χ0v) is 21.4. The van der Waals surface area contributed by atoms with Gasteiger partial charge >= 0.3 is 5.97 Å². The van der Waals surface area contributed by atoms with E-state index in [-0.39, 0.29) is 17.3 Å². The molecule has 12 heteroatoms. The van der Waals surface area contributed by atoms with Crippen LogP contribution in [0, 0.1) is 0 Å². The number of fused-ring (bicyclic) bond motifs is 1.